The minimum Gasteiger partial charge on any atom is -0.496 e. The van der Waals surface area contributed by atoms with Gasteiger partial charge in [0.15, 0.2) is 0 Å². The predicted octanol–water partition coefficient (Wildman–Crippen LogP) is 5.92. The van der Waals surface area contributed by atoms with Crippen molar-refractivity contribution in [2.45, 2.75) is 20.8 Å². The topological polar surface area (TPSA) is 105 Å². The zero-order chi connectivity index (χ0) is 22.7. The molecule has 6 rings (SSSR count). The molecular weight excluding hydrogens is 416 g/mol. The van der Waals surface area contributed by atoms with Crippen LogP contribution in [0.4, 0.5) is 11.5 Å². The van der Waals surface area contributed by atoms with Gasteiger partial charge in [0.1, 0.15) is 28.8 Å². The number of nitrogens with one attached hydrogen (secondary N) is 3. The maximum atomic E-state index is 5.78. The van der Waals surface area contributed by atoms with Crippen molar-refractivity contribution in [3.05, 3.63) is 59.9 Å². The van der Waals surface area contributed by atoms with E-state index in [1.807, 2.05) is 39.1 Å². The lowest BCUT2D eigenvalue weighted by molar-refractivity contribution is 0.393. The van der Waals surface area contributed by atoms with E-state index in [0.29, 0.717) is 5.82 Å². The maximum Gasteiger partial charge on any atom is 0.144 e. The number of nitrogens with zero attached hydrogens (tertiary/aromatic N) is 3. The molecule has 3 N–H and O–H groups in total. The molecule has 0 aliphatic heterocycles. The first-order valence-corrected chi connectivity index (χ1v) is 10.7. The molecule has 0 saturated heterocycles. The quantitative estimate of drug-likeness (QED) is 0.315. The van der Waals surface area contributed by atoms with Crippen LogP contribution >= 0.6 is 0 Å². The highest BCUT2D eigenvalue weighted by Crippen LogP contribution is 2.41. The number of aryl methyl sites for hydroxylation is 3. The second kappa shape index (κ2) is 7.09. The SMILES string of the molecule is COc1cc2c(cc1-c1c(C)noc1C)[nH]c1nc(C)nc(Nc3ccc4cc[nH]c4c3)c12. The molecule has 164 valence electrons. The summed E-state index contributed by atoms with van der Waals surface area (Å²) in [6.07, 6.45) is 1.93. The van der Waals surface area contributed by atoms with Crippen molar-refractivity contribution < 1.29 is 9.26 Å². The van der Waals surface area contributed by atoms with Gasteiger partial charge < -0.3 is 24.5 Å². The van der Waals surface area contributed by atoms with E-state index in [4.69, 9.17) is 14.2 Å². The van der Waals surface area contributed by atoms with Gasteiger partial charge in [0, 0.05) is 33.9 Å². The first kappa shape index (κ1) is 19.4. The Hall–Kier alpha value is -4.33. The molecule has 0 spiro atoms. The van der Waals surface area contributed by atoms with Crippen LogP contribution in [0.3, 0.4) is 0 Å². The summed E-state index contributed by atoms with van der Waals surface area (Å²) < 4.78 is 11.2. The van der Waals surface area contributed by atoms with E-state index < -0.39 is 0 Å². The van der Waals surface area contributed by atoms with Crippen molar-refractivity contribution in [2.75, 3.05) is 12.4 Å². The molecule has 4 aromatic heterocycles. The molecule has 0 unspecified atom stereocenters. The third kappa shape index (κ3) is 3.02. The first-order chi connectivity index (χ1) is 16.0. The third-order valence-corrected chi connectivity index (χ3v) is 6.00. The number of aromatic amines is 2. The van der Waals surface area contributed by atoms with Crippen LogP contribution in [0.1, 0.15) is 17.3 Å². The number of benzene rings is 2. The van der Waals surface area contributed by atoms with Crippen molar-refractivity contribution in [1.82, 2.24) is 25.1 Å². The molecule has 0 fully saturated rings. The molecule has 2 aromatic carbocycles. The Labute approximate surface area is 189 Å². The minimum atomic E-state index is 0.676. The summed E-state index contributed by atoms with van der Waals surface area (Å²) in [4.78, 5) is 16.1. The highest BCUT2D eigenvalue weighted by molar-refractivity contribution is 6.13. The summed E-state index contributed by atoms with van der Waals surface area (Å²) in [5.41, 5.74) is 6.38. The summed E-state index contributed by atoms with van der Waals surface area (Å²) in [6, 6.07) is 12.3. The van der Waals surface area contributed by atoms with Gasteiger partial charge in [-0.1, -0.05) is 11.2 Å². The summed E-state index contributed by atoms with van der Waals surface area (Å²) >= 11 is 0. The van der Waals surface area contributed by atoms with Gasteiger partial charge in [-0.3, -0.25) is 0 Å². The molecule has 8 nitrogen and oxygen atoms in total. The zero-order valence-electron chi connectivity index (χ0n) is 18.7. The van der Waals surface area contributed by atoms with E-state index in [0.717, 1.165) is 72.7 Å². The summed E-state index contributed by atoms with van der Waals surface area (Å²) in [5, 5.41) is 10.6. The molecule has 0 amide bonds. The maximum absolute atomic E-state index is 5.78. The highest BCUT2D eigenvalue weighted by Gasteiger charge is 2.20. The Morgan fingerprint density at radius 1 is 1.00 bits per heavy atom. The number of fused-ring (bicyclic) bond motifs is 4. The first-order valence-electron chi connectivity index (χ1n) is 10.7. The van der Waals surface area contributed by atoms with Crippen LogP contribution < -0.4 is 10.1 Å². The lowest BCUT2D eigenvalue weighted by atomic mass is 10.0. The number of ether oxygens (including phenoxy) is 1. The van der Waals surface area contributed by atoms with Gasteiger partial charge in [-0.2, -0.15) is 0 Å². The molecule has 0 atom stereocenters. The molecular formula is C25H22N6O2. The van der Waals surface area contributed by atoms with E-state index in [-0.39, 0.29) is 0 Å². The summed E-state index contributed by atoms with van der Waals surface area (Å²) in [6.45, 7) is 5.72. The fourth-order valence-electron chi connectivity index (χ4n) is 4.52. The van der Waals surface area contributed by atoms with E-state index in [1.165, 1.54) is 0 Å². The molecule has 6 aromatic rings. The molecule has 0 saturated carbocycles. The molecule has 4 heterocycles. The molecule has 33 heavy (non-hydrogen) atoms. The normalized spacial score (nSPS) is 11.6. The zero-order valence-corrected chi connectivity index (χ0v) is 18.7. The fourth-order valence-corrected chi connectivity index (χ4v) is 4.52. The number of hydrogen-bond donors (Lipinski definition) is 3. The third-order valence-electron chi connectivity index (χ3n) is 6.00. The fraction of sp³-hybridized carbons (Fsp3) is 0.160. The standard InChI is InChI=1S/C25H22N6O2/c1-12-22(13(2)33-31-12)18-10-20-17(11-21(18)32-4)23-24(27-14(3)28-25(23)30-20)29-16-6-5-15-7-8-26-19(15)9-16/h5-11,26H,1-4H3,(H2,27,28,29,30). The van der Waals surface area contributed by atoms with Crippen LogP contribution in [0.2, 0.25) is 0 Å². The minimum absolute atomic E-state index is 0.676. The second-order valence-electron chi connectivity index (χ2n) is 8.17. The average molecular weight is 438 g/mol. The number of methoxy groups -OCH3 is 1. The van der Waals surface area contributed by atoms with E-state index in [1.54, 1.807) is 7.11 Å². The van der Waals surface area contributed by atoms with Crippen molar-refractivity contribution in [3.8, 4) is 16.9 Å². The van der Waals surface area contributed by atoms with Gasteiger partial charge in [0.2, 0.25) is 0 Å². The molecule has 0 radical (unpaired) electrons. The van der Waals surface area contributed by atoms with Gasteiger partial charge >= 0.3 is 0 Å². The summed E-state index contributed by atoms with van der Waals surface area (Å²) in [7, 11) is 1.67. The Bertz CT molecular complexity index is 1650. The lowest BCUT2D eigenvalue weighted by Gasteiger charge is -2.10. The van der Waals surface area contributed by atoms with Crippen LogP contribution in [0, 0.1) is 20.8 Å². The van der Waals surface area contributed by atoms with Crippen LogP contribution in [0.5, 0.6) is 5.75 Å². The van der Waals surface area contributed by atoms with Gasteiger partial charge in [0.05, 0.1) is 23.8 Å². The van der Waals surface area contributed by atoms with Gasteiger partial charge in [0.25, 0.3) is 0 Å². The van der Waals surface area contributed by atoms with E-state index in [2.05, 4.69) is 49.7 Å². The van der Waals surface area contributed by atoms with Crippen LogP contribution in [0.25, 0.3) is 44.0 Å². The van der Waals surface area contributed by atoms with Crippen molar-refractivity contribution >= 4 is 44.3 Å². The lowest BCUT2D eigenvalue weighted by Crippen LogP contribution is -1.98. The number of anilines is 2. The van der Waals surface area contributed by atoms with E-state index in [9.17, 15) is 0 Å². The monoisotopic (exact) mass is 438 g/mol. The van der Waals surface area contributed by atoms with Gasteiger partial charge in [-0.05, 0) is 56.5 Å². The second-order valence-corrected chi connectivity index (χ2v) is 8.17. The van der Waals surface area contributed by atoms with Crippen LogP contribution in [0.15, 0.2) is 47.1 Å². The summed E-state index contributed by atoms with van der Waals surface area (Å²) in [5.74, 6) is 2.90. The van der Waals surface area contributed by atoms with E-state index >= 15 is 0 Å². The average Bonchev–Trinajstić information content (AvgIpc) is 3.48. The molecule has 0 aliphatic carbocycles. The Kier molecular flexibility index (Phi) is 4.16. The Morgan fingerprint density at radius 3 is 2.67 bits per heavy atom. The molecule has 0 aliphatic rings. The largest absolute Gasteiger partial charge is 0.496 e. The molecule has 0 bridgehead atoms. The number of rotatable bonds is 4. The number of aromatic nitrogens is 5. The van der Waals surface area contributed by atoms with Crippen LogP contribution in [-0.2, 0) is 0 Å². The number of hydrogen-bond acceptors (Lipinski definition) is 6. The highest BCUT2D eigenvalue weighted by atomic mass is 16.5. The smallest absolute Gasteiger partial charge is 0.144 e. The molecule has 8 heteroatoms. The number of H-pyrrole nitrogens is 2. The Balaban J connectivity index is 1.57. The van der Waals surface area contributed by atoms with Crippen molar-refractivity contribution in [3.63, 3.8) is 0 Å². The van der Waals surface area contributed by atoms with Gasteiger partial charge in [-0.25, -0.2) is 9.97 Å². The van der Waals surface area contributed by atoms with Crippen molar-refractivity contribution in [1.29, 1.82) is 0 Å². The Morgan fingerprint density at radius 2 is 1.88 bits per heavy atom. The van der Waals surface area contributed by atoms with Gasteiger partial charge in [-0.15, -0.1) is 0 Å². The van der Waals surface area contributed by atoms with Crippen LogP contribution in [-0.4, -0.2) is 32.2 Å². The predicted molar refractivity (Wildman–Crippen MR) is 129 cm³/mol. The van der Waals surface area contributed by atoms with Crippen molar-refractivity contribution in [2.24, 2.45) is 0 Å².